The number of phenolic OH excluding ortho intramolecular Hbond substituents is 3. The average molecular weight is 767 g/mol. The highest BCUT2D eigenvalue weighted by atomic mass is 16.5. The molecule has 0 fully saturated rings. The molecule has 4 aromatic carbocycles. The van der Waals surface area contributed by atoms with Gasteiger partial charge in [0, 0.05) is 66.6 Å². The zero-order valence-corrected chi connectivity index (χ0v) is 34.4. The summed E-state index contributed by atoms with van der Waals surface area (Å²) in [5.74, 6) is -1.02. The molecule has 3 N–H and O–H groups in total. The van der Waals surface area contributed by atoms with Crippen molar-refractivity contribution in [2.75, 3.05) is 19.8 Å². The first-order valence-corrected chi connectivity index (χ1v) is 19.7. The van der Waals surface area contributed by atoms with Crippen LogP contribution in [-0.4, -0.2) is 52.5 Å². The lowest BCUT2D eigenvalue weighted by atomic mass is 9.68. The third kappa shape index (κ3) is 8.91. The number of carbonyl (C=O) groups excluding carboxylic acids is 3. The van der Waals surface area contributed by atoms with E-state index in [1.165, 1.54) is 0 Å². The van der Waals surface area contributed by atoms with Crippen LogP contribution in [0.15, 0.2) is 60.7 Å². The van der Waals surface area contributed by atoms with Crippen LogP contribution in [0.4, 0.5) is 0 Å². The minimum absolute atomic E-state index is 0.0930. The molecule has 4 aromatic rings. The number of rotatable bonds is 20. The van der Waals surface area contributed by atoms with Gasteiger partial charge in [0.1, 0.15) is 17.2 Å². The fourth-order valence-corrected chi connectivity index (χ4v) is 7.09. The van der Waals surface area contributed by atoms with Crippen LogP contribution in [0.3, 0.4) is 0 Å². The molecular formula is C47H58O9. The maximum Gasteiger partial charge on any atom is 0.166 e. The second kappa shape index (κ2) is 18.9. The Kier molecular flexibility index (Phi) is 14.8. The second-order valence-corrected chi connectivity index (χ2v) is 14.7. The fourth-order valence-electron chi connectivity index (χ4n) is 7.09. The molecule has 0 aliphatic rings. The van der Waals surface area contributed by atoms with Gasteiger partial charge in [0.15, 0.2) is 17.3 Å². The van der Waals surface area contributed by atoms with Crippen LogP contribution < -0.4 is 0 Å². The first-order chi connectivity index (χ1) is 26.6. The Morgan fingerprint density at radius 3 is 1.20 bits per heavy atom. The van der Waals surface area contributed by atoms with Crippen molar-refractivity contribution in [3.8, 4) is 17.2 Å². The summed E-state index contributed by atoms with van der Waals surface area (Å²) >= 11 is 0. The number of benzene rings is 4. The molecule has 0 aliphatic carbocycles. The van der Waals surface area contributed by atoms with Crippen LogP contribution in [0, 0.1) is 0 Å². The van der Waals surface area contributed by atoms with E-state index in [0.29, 0.717) is 42.1 Å². The van der Waals surface area contributed by atoms with Gasteiger partial charge in [-0.2, -0.15) is 0 Å². The first-order valence-electron chi connectivity index (χ1n) is 19.7. The van der Waals surface area contributed by atoms with Crippen molar-refractivity contribution in [2.45, 2.75) is 112 Å². The molecule has 9 heteroatoms. The predicted molar refractivity (Wildman–Crippen MR) is 218 cm³/mol. The topological polar surface area (TPSA) is 140 Å². The summed E-state index contributed by atoms with van der Waals surface area (Å²) < 4.78 is 17.3. The Morgan fingerprint density at radius 1 is 0.464 bits per heavy atom. The predicted octanol–water partition coefficient (Wildman–Crippen LogP) is 9.87. The second-order valence-electron chi connectivity index (χ2n) is 14.7. The first kappa shape index (κ1) is 43.9. The molecule has 0 saturated carbocycles. The van der Waals surface area contributed by atoms with Gasteiger partial charge in [0.25, 0.3) is 0 Å². The summed E-state index contributed by atoms with van der Waals surface area (Å²) in [4.78, 5) is 39.3. The lowest BCUT2D eigenvalue weighted by molar-refractivity contribution is 0.0971. The number of ketones is 3. The van der Waals surface area contributed by atoms with Gasteiger partial charge in [0.2, 0.25) is 0 Å². The largest absolute Gasteiger partial charge is 0.507 e. The molecule has 1 unspecified atom stereocenters. The van der Waals surface area contributed by atoms with E-state index in [2.05, 4.69) is 6.92 Å². The lowest BCUT2D eigenvalue weighted by Gasteiger charge is -2.35. The number of hydrogen-bond acceptors (Lipinski definition) is 9. The maximum absolute atomic E-state index is 13.4. The van der Waals surface area contributed by atoms with Gasteiger partial charge < -0.3 is 29.5 Å². The molecule has 0 amide bonds. The van der Waals surface area contributed by atoms with Crippen LogP contribution >= 0.6 is 0 Å². The summed E-state index contributed by atoms with van der Waals surface area (Å²) in [6, 6.07) is 18.9. The number of ether oxygens (including phenoxy) is 3. The number of hydrogen-bond donors (Lipinski definition) is 3. The molecule has 1 atom stereocenters. The molecule has 0 bridgehead atoms. The van der Waals surface area contributed by atoms with E-state index in [9.17, 15) is 29.7 Å². The van der Waals surface area contributed by atoms with Crippen LogP contribution in [0.2, 0.25) is 0 Å². The normalized spacial score (nSPS) is 12.7. The number of phenols is 3. The number of aromatic hydroxyl groups is 3. The van der Waals surface area contributed by atoms with Crippen molar-refractivity contribution < 1.29 is 43.9 Å². The Morgan fingerprint density at radius 2 is 0.804 bits per heavy atom. The quantitative estimate of drug-likeness (QED) is 0.0592. The standard InChI is InChI=1S/C47H58O9/c1-10-40(48)37-25-36(22-31(44(37)52)28-56-15-6)47(9,35-20-29(26-54-13-4)43(51)30(21-35)27-55-14-5)33-18-16-32(17-19-33)46(7,8)34-23-38(41(49)11-2)45(53)39(24-34)42(50)12-3/h16-25,51-53H,10-15,26-28H2,1-9H3. The van der Waals surface area contributed by atoms with Gasteiger partial charge >= 0.3 is 0 Å². The number of carbonyl (C=O) groups is 3. The molecule has 4 rings (SSSR count). The molecule has 0 aliphatic heterocycles. The van der Waals surface area contributed by atoms with E-state index in [4.69, 9.17) is 14.2 Å². The summed E-state index contributed by atoms with van der Waals surface area (Å²) in [5, 5.41) is 33.7. The van der Waals surface area contributed by atoms with Crippen molar-refractivity contribution in [1.82, 2.24) is 0 Å². The maximum atomic E-state index is 13.4. The molecule has 0 radical (unpaired) electrons. The molecule has 0 spiro atoms. The minimum atomic E-state index is -0.963. The third-order valence-corrected chi connectivity index (χ3v) is 10.9. The molecule has 0 aromatic heterocycles. The summed E-state index contributed by atoms with van der Waals surface area (Å²) in [6.45, 7) is 18.7. The Balaban J connectivity index is 2.04. The lowest BCUT2D eigenvalue weighted by Crippen LogP contribution is -2.27. The van der Waals surface area contributed by atoms with Crippen molar-refractivity contribution in [3.63, 3.8) is 0 Å². The molecule has 56 heavy (non-hydrogen) atoms. The summed E-state index contributed by atoms with van der Waals surface area (Å²) in [5.41, 5.74) is 4.44. The highest BCUT2D eigenvalue weighted by Crippen LogP contribution is 2.45. The summed E-state index contributed by atoms with van der Waals surface area (Å²) in [7, 11) is 0. The zero-order valence-electron chi connectivity index (χ0n) is 34.4. The van der Waals surface area contributed by atoms with Crippen molar-refractivity contribution in [2.24, 2.45) is 0 Å². The van der Waals surface area contributed by atoms with Crippen LogP contribution in [0.25, 0.3) is 0 Å². The van der Waals surface area contributed by atoms with Gasteiger partial charge in [-0.25, -0.2) is 0 Å². The molecule has 300 valence electrons. The van der Waals surface area contributed by atoms with E-state index in [1.54, 1.807) is 39.0 Å². The Labute approximate surface area is 331 Å². The smallest absolute Gasteiger partial charge is 0.166 e. The number of Topliss-reactive ketones (excluding diaryl/α,β-unsaturated/α-hetero) is 3. The highest BCUT2D eigenvalue weighted by Gasteiger charge is 2.36. The minimum Gasteiger partial charge on any atom is -0.507 e. The van der Waals surface area contributed by atoms with Gasteiger partial charge in [-0.05, 0) is 91.9 Å². The SMILES string of the molecule is CCOCc1cc(C(C)(c2ccc(C(C)(C)c3cc(C(=O)CC)c(O)c(C(=O)CC)c3)cc2)c2cc(COCC)c(O)c(C(=O)CC)c2)cc(COCC)c1O. The van der Waals surface area contributed by atoms with Gasteiger partial charge in [-0.15, -0.1) is 0 Å². The molecular weight excluding hydrogens is 709 g/mol. The van der Waals surface area contributed by atoms with E-state index in [1.807, 2.05) is 77.1 Å². The van der Waals surface area contributed by atoms with E-state index < -0.39 is 10.8 Å². The van der Waals surface area contributed by atoms with E-state index >= 15 is 0 Å². The highest BCUT2D eigenvalue weighted by molar-refractivity contribution is 6.05. The molecule has 9 nitrogen and oxygen atoms in total. The van der Waals surface area contributed by atoms with Crippen molar-refractivity contribution in [1.29, 1.82) is 0 Å². The fraction of sp³-hybridized carbons (Fsp3) is 0.426. The van der Waals surface area contributed by atoms with Gasteiger partial charge in [-0.3, -0.25) is 14.4 Å². The summed E-state index contributed by atoms with van der Waals surface area (Å²) in [6.07, 6.45) is 0.543. The zero-order chi connectivity index (χ0) is 41.4. The molecule has 0 saturated heterocycles. The van der Waals surface area contributed by atoms with Crippen molar-refractivity contribution >= 4 is 17.3 Å². The third-order valence-electron chi connectivity index (χ3n) is 10.9. The van der Waals surface area contributed by atoms with Gasteiger partial charge in [0.05, 0.1) is 36.5 Å². The molecule has 0 heterocycles. The average Bonchev–Trinajstić information content (AvgIpc) is 3.21. The van der Waals surface area contributed by atoms with E-state index in [0.717, 1.165) is 22.3 Å². The van der Waals surface area contributed by atoms with Crippen LogP contribution in [0.5, 0.6) is 17.2 Å². The Bertz CT molecular complexity index is 1980. The van der Waals surface area contributed by atoms with Crippen molar-refractivity contribution in [3.05, 3.63) is 122 Å². The van der Waals surface area contributed by atoms with Crippen LogP contribution in [0.1, 0.15) is 157 Å². The van der Waals surface area contributed by atoms with Crippen LogP contribution in [-0.2, 0) is 44.9 Å². The Hall–Kier alpha value is -4.83. The van der Waals surface area contributed by atoms with Gasteiger partial charge in [-0.1, -0.05) is 58.9 Å². The van der Waals surface area contributed by atoms with E-state index in [-0.39, 0.29) is 90.4 Å². The monoisotopic (exact) mass is 766 g/mol.